The van der Waals surface area contributed by atoms with E-state index in [9.17, 15) is 4.79 Å². The predicted octanol–water partition coefficient (Wildman–Crippen LogP) is 2.59. The normalized spacial score (nSPS) is 19.5. The van der Waals surface area contributed by atoms with E-state index in [0.29, 0.717) is 23.0 Å². The van der Waals surface area contributed by atoms with Crippen molar-refractivity contribution < 1.29 is 9.53 Å². The molecule has 6 N–H and O–H groups in total. The number of hydrogen-bond acceptors (Lipinski definition) is 6. The Kier molecular flexibility index (Phi) is 5.08. The zero-order chi connectivity index (χ0) is 22.0. The second-order valence-corrected chi connectivity index (χ2v) is 7.03. The minimum absolute atomic E-state index is 0.252. The fraction of sp³-hybridized carbons (Fsp3) is 0.136. The average Bonchev–Trinajstić information content (AvgIpc) is 3.32. The van der Waals surface area contributed by atoms with Gasteiger partial charge in [0.15, 0.2) is 5.54 Å². The second kappa shape index (κ2) is 7.86. The molecule has 9 nitrogen and oxygen atoms in total. The lowest BCUT2D eigenvalue weighted by atomic mass is 9.85. The second-order valence-electron chi connectivity index (χ2n) is 7.03. The van der Waals surface area contributed by atoms with Gasteiger partial charge in [-0.2, -0.15) is 0 Å². The molecule has 1 atom stereocenters. The number of amidine groups is 1. The lowest BCUT2D eigenvalue weighted by molar-refractivity contribution is 0.225. The summed E-state index contributed by atoms with van der Waals surface area (Å²) < 4.78 is 5.29. The molecule has 0 aliphatic carbocycles. The molecule has 4 rings (SSSR count). The number of hydrogen-bond donors (Lipinski definition) is 4. The first kappa shape index (κ1) is 20.0. The summed E-state index contributed by atoms with van der Waals surface area (Å²) >= 11 is 0. The van der Waals surface area contributed by atoms with Gasteiger partial charge >= 0.3 is 6.03 Å². The number of nitrogens with two attached hydrogens (primary N) is 2. The summed E-state index contributed by atoms with van der Waals surface area (Å²) in [5.41, 5.74) is 13.6. The number of nitrogens with zero attached hydrogens (tertiary/aromatic N) is 3. The van der Waals surface area contributed by atoms with Crippen molar-refractivity contribution >= 4 is 23.4 Å². The van der Waals surface area contributed by atoms with E-state index in [1.54, 1.807) is 24.1 Å². The lowest BCUT2D eigenvalue weighted by Crippen LogP contribution is -2.46. The Labute approximate surface area is 179 Å². The lowest BCUT2D eigenvalue weighted by Gasteiger charge is -2.30. The van der Waals surface area contributed by atoms with Crippen LogP contribution in [0.5, 0.6) is 5.75 Å². The first-order valence-electron chi connectivity index (χ1n) is 9.56. The van der Waals surface area contributed by atoms with Crippen molar-refractivity contribution in [1.82, 2.24) is 20.2 Å². The van der Waals surface area contributed by atoms with Gasteiger partial charge < -0.3 is 26.5 Å². The molecule has 1 aliphatic heterocycles. The van der Waals surface area contributed by atoms with Crippen molar-refractivity contribution in [2.45, 2.75) is 12.1 Å². The molecule has 31 heavy (non-hydrogen) atoms. The molecule has 9 heteroatoms. The van der Waals surface area contributed by atoms with E-state index in [2.05, 4.69) is 26.9 Å². The molecule has 1 aromatic heterocycles. The van der Waals surface area contributed by atoms with Crippen LogP contribution in [0.1, 0.15) is 16.8 Å². The van der Waals surface area contributed by atoms with E-state index in [-0.39, 0.29) is 18.4 Å². The van der Waals surface area contributed by atoms with Crippen LogP contribution >= 0.6 is 0 Å². The number of aromatic nitrogens is 2. The maximum Gasteiger partial charge on any atom is 0.324 e. The number of urea groups is 1. The molecular weight excluding hydrogens is 394 g/mol. The number of nitrogen functional groups attached to an aromatic ring is 2. The molecule has 1 aliphatic rings. The number of carbonyl (C=O) groups is 1. The highest BCUT2D eigenvalue weighted by molar-refractivity contribution is 6.12. The summed E-state index contributed by atoms with van der Waals surface area (Å²) in [4.78, 5) is 26.5. The van der Waals surface area contributed by atoms with Crippen LogP contribution in [-0.4, -0.2) is 33.8 Å². The van der Waals surface area contributed by atoms with E-state index in [0.717, 1.165) is 11.1 Å². The fourth-order valence-electron chi connectivity index (χ4n) is 3.75. The quantitative estimate of drug-likeness (QED) is 0.457. The van der Waals surface area contributed by atoms with Crippen LogP contribution in [0.15, 0.2) is 72.6 Å². The minimum Gasteiger partial charge on any atom is -0.497 e. The van der Waals surface area contributed by atoms with E-state index >= 15 is 0 Å². The van der Waals surface area contributed by atoms with E-state index in [1.807, 2.05) is 36.4 Å². The Morgan fingerprint density at radius 2 is 1.90 bits per heavy atom. The van der Waals surface area contributed by atoms with Crippen molar-refractivity contribution in [3.05, 3.63) is 84.5 Å². The molecule has 1 fully saturated rings. The third kappa shape index (κ3) is 3.35. The number of methoxy groups -OCH3 is 1. The highest BCUT2D eigenvalue weighted by atomic mass is 16.5. The summed E-state index contributed by atoms with van der Waals surface area (Å²) in [7, 11) is 1.59. The van der Waals surface area contributed by atoms with Gasteiger partial charge in [-0.15, -0.1) is 0 Å². The van der Waals surface area contributed by atoms with Gasteiger partial charge in [0.05, 0.1) is 25.7 Å². The van der Waals surface area contributed by atoms with Gasteiger partial charge in [-0.25, -0.2) is 14.8 Å². The van der Waals surface area contributed by atoms with Gasteiger partial charge in [0, 0.05) is 11.9 Å². The molecule has 1 saturated heterocycles. The number of imidazole rings is 1. The fourth-order valence-corrected chi connectivity index (χ4v) is 3.75. The molecule has 2 amide bonds. The number of anilines is 2. The Bertz CT molecular complexity index is 1140. The molecule has 0 radical (unpaired) electrons. The number of amides is 2. The van der Waals surface area contributed by atoms with Crippen LogP contribution in [-0.2, 0) is 12.1 Å². The molecule has 2 aromatic carbocycles. The molecule has 0 saturated carbocycles. The van der Waals surface area contributed by atoms with Gasteiger partial charge in [0.25, 0.3) is 0 Å². The molecule has 1 unspecified atom stereocenters. The highest BCUT2D eigenvalue weighted by Crippen LogP contribution is 2.39. The van der Waals surface area contributed by atoms with Crippen LogP contribution in [0, 0.1) is 0 Å². The van der Waals surface area contributed by atoms with Crippen molar-refractivity contribution in [1.29, 1.82) is 0 Å². The first-order valence-corrected chi connectivity index (χ1v) is 9.56. The van der Waals surface area contributed by atoms with Crippen molar-refractivity contribution in [3.8, 4) is 5.75 Å². The summed E-state index contributed by atoms with van der Waals surface area (Å²) in [6.45, 7) is 4.03. The Morgan fingerprint density at radius 3 is 2.48 bits per heavy atom. The van der Waals surface area contributed by atoms with Crippen molar-refractivity contribution in [2.75, 3.05) is 18.6 Å². The van der Waals surface area contributed by atoms with Gasteiger partial charge in [-0.05, 0) is 35.4 Å². The standard InChI is InChI=1S/C22H23N7O2/c1-3-25-20-22(18-19(24)27-13-26-18,15-6-10-17(31-2)11-7-15)28-21(30)29(20)12-14-4-8-16(23)9-5-14/h3-11,13H,1,12,23-24H2,2H3,(H,26,27)(H,28,30). The largest absolute Gasteiger partial charge is 0.497 e. The SMILES string of the molecule is C=CN=C1N(Cc2ccc(N)cc2)C(=O)NC1(c1ccc(OC)cc1)c1[nH]cnc1N. The molecule has 3 aromatic rings. The maximum absolute atomic E-state index is 13.2. The third-order valence-electron chi connectivity index (χ3n) is 5.23. The maximum atomic E-state index is 13.2. The zero-order valence-corrected chi connectivity index (χ0v) is 17.0. The molecule has 2 heterocycles. The van der Waals surface area contributed by atoms with Crippen molar-refractivity contribution in [2.24, 2.45) is 4.99 Å². The van der Waals surface area contributed by atoms with E-state index in [4.69, 9.17) is 16.2 Å². The van der Waals surface area contributed by atoms with Gasteiger partial charge in [0.2, 0.25) is 0 Å². The summed E-state index contributed by atoms with van der Waals surface area (Å²) in [6.07, 6.45) is 2.88. The monoisotopic (exact) mass is 417 g/mol. The molecular formula is C22H23N7O2. The topological polar surface area (TPSA) is 135 Å². The first-order chi connectivity index (χ1) is 15.0. The van der Waals surface area contributed by atoms with E-state index in [1.165, 1.54) is 12.5 Å². The molecule has 0 spiro atoms. The van der Waals surface area contributed by atoms with Crippen LogP contribution in [0.2, 0.25) is 0 Å². The number of carbonyl (C=O) groups excluding carboxylic acids is 1. The summed E-state index contributed by atoms with van der Waals surface area (Å²) in [5, 5.41) is 3.07. The summed E-state index contributed by atoms with van der Waals surface area (Å²) in [6, 6.07) is 14.3. The smallest absolute Gasteiger partial charge is 0.324 e. The summed E-state index contributed by atoms with van der Waals surface area (Å²) in [5.74, 6) is 1.36. The van der Waals surface area contributed by atoms with E-state index < -0.39 is 5.54 Å². The minimum atomic E-state index is -1.19. The Balaban J connectivity index is 1.88. The molecule has 158 valence electrons. The number of rotatable bonds is 6. The van der Waals surface area contributed by atoms with Crippen LogP contribution < -0.4 is 21.5 Å². The predicted molar refractivity (Wildman–Crippen MR) is 119 cm³/mol. The Morgan fingerprint density at radius 1 is 1.19 bits per heavy atom. The number of aliphatic imine (C=N–C) groups is 1. The molecule has 0 bridgehead atoms. The van der Waals surface area contributed by atoms with Gasteiger partial charge in [-0.3, -0.25) is 4.90 Å². The average molecular weight is 417 g/mol. The number of nitrogens with one attached hydrogen (secondary N) is 2. The number of ether oxygens (including phenoxy) is 1. The van der Waals surface area contributed by atoms with Crippen LogP contribution in [0.25, 0.3) is 0 Å². The zero-order valence-electron chi connectivity index (χ0n) is 17.0. The number of benzene rings is 2. The van der Waals surface area contributed by atoms with Gasteiger partial charge in [0.1, 0.15) is 17.4 Å². The van der Waals surface area contributed by atoms with Crippen LogP contribution in [0.4, 0.5) is 16.3 Å². The van der Waals surface area contributed by atoms with Gasteiger partial charge in [-0.1, -0.05) is 30.8 Å². The Hall–Kier alpha value is -4.27. The number of H-pyrrole nitrogens is 1. The number of aromatic amines is 1. The highest BCUT2D eigenvalue weighted by Gasteiger charge is 2.53. The van der Waals surface area contributed by atoms with Crippen LogP contribution in [0.3, 0.4) is 0 Å². The van der Waals surface area contributed by atoms with Crippen molar-refractivity contribution in [3.63, 3.8) is 0 Å². The third-order valence-corrected chi connectivity index (χ3v) is 5.23.